The molecular formula is C15H25N3O. The van der Waals surface area contributed by atoms with Crippen molar-refractivity contribution in [2.24, 2.45) is 5.84 Å². The standard InChI is InChI=1S/C15H25N3O/c1-11-8-9-14(12(2)17-11)15(18-16)7-3-5-13-6-4-10-19-13/h8-9,13,15,18H,3-7,10,16H2,1-2H3. The Morgan fingerprint density at radius 1 is 1.47 bits per heavy atom. The van der Waals surface area contributed by atoms with Crippen molar-refractivity contribution in [3.05, 3.63) is 29.1 Å². The predicted molar refractivity (Wildman–Crippen MR) is 76.6 cm³/mol. The highest BCUT2D eigenvalue weighted by atomic mass is 16.5. The third-order valence-electron chi connectivity index (χ3n) is 3.89. The van der Waals surface area contributed by atoms with Gasteiger partial charge in [0.15, 0.2) is 0 Å². The van der Waals surface area contributed by atoms with Crippen LogP contribution in [0.5, 0.6) is 0 Å². The zero-order valence-corrected chi connectivity index (χ0v) is 12.0. The molecule has 1 aliphatic rings. The molecule has 2 unspecified atom stereocenters. The zero-order chi connectivity index (χ0) is 13.7. The topological polar surface area (TPSA) is 60.2 Å². The third kappa shape index (κ3) is 4.00. The number of ether oxygens (including phenoxy) is 1. The van der Waals surface area contributed by atoms with Gasteiger partial charge in [-0.2, -0.15) is 0 Å². The molecule has 1 aromatic heterocycles. The summed E-state index contributed by atoms with van der Waals surface area (Å²) in [6.45, 7) is 5.00. The maximum atomic E-state index is 5.70. The number of aromatic nitrogens is 1. The summed E-state index contributed by atoms with van der Waals surface area (Å²) in [6.07, 6.45) is 6.19. The summed E-state index contributed by atoms with van der Waals surface area (Å²) in [4.78, 5) is 4.51. The average Bonchev–Trinajstić information content (AvgIpc) is 2.89. The fourth-order valence-corrected chi connectivity index (χ4v) is 2.82. The largest absolute Gasteiger partial charge is 0.378 e. The summed E-state index contributed by atoms with van der Waals surface area (Å²) in [5, 5.41) is 0. The highest BCUT2D eigenvalue weighted by Crippen LogP contribution is 2.24. The first kappa shape index (κ1) is 14.4. The Balaban J connectivity index is 1.88. The van der Waals surface area contributed by atoms with Gasteiger partial charge < -0.3 is 4.74 Å². The van der Waals surface area contributed by atoms with Gasteiger partial charge in [0.25, 0.3) is 0 Å². The highest BCUT2D eigenvalue weighted by Gasteiger charge is 2.17. The Kier molecular flexibility index (Phi) is 5.31. The lowest BCUT2D eigenvalue weighted by atomic mass is 9.98. The van der Waals surface area contributed by atoms with E-state index in [0.29, 0.717) is 6.10 Å². The molecule has 2 heterocycles. The highest BCUT2D eigenvalue weighted by molar-refractivity contribution is 5.24. The Hall–Kier alpha value is -0.970. The van der Waals surface area contributed by atoms with Crippen molar-refractivity contribution in [1.29, 1.82) is 0 Å². The molecule has 3 N–H and O–H groups in total. The van der Waals surface area contributed by atoms with Gasteiger partial charge in [-0.3, -0.25) is 16.3 Å². The molecule has 0 aliphatic carbocycles. The van der Waals surface area contributed by atoms with Crippen LogP contribution in [0.3, 0.4) is 0 Å². The SMILES string of the molecule is Cc1ccc(C(CCCC2CCCO2)NN)c(C)n1. The first-order valence-electron chi connectivity index (χ1n) is 7.22. The van der Waals surface area contributed by atoms with Crippen LogP contribution in [0.2, 0.25) is 0 Å². The molecule has 2 atom stereocenters. The Labute approximate surface area is 115 Å². The van der Waals surface area contributed by atoms with Gasteiger partial charge in [-0.05, 0) is 57.6 Å². The van der Waals surface area contributed by atoms with Crippen molar-refractivity contribution in [3.63, 3.8) is 0 Å². The van der Waals surface area contributed by atoms with Crippen LogP contribution in [0.25, 0.3) is 0 Å². The first-order valence-corrected chi connectivity index (χ1v) is 7.22. The van der Waals surface area contributed by atoms with Gasteiger partial charge in [-0.15, -0.1) is 0 Å². The molecule has 0 amide bonds. The van der Waals surface area contributed by atoms with E-state index in [-0.39, 0.29) is 6.04 Å². The molecule has 1 saturated heterocycles. The van der Waals surface area contributed by atoms with Crippen LogP contribution in [0.1, 0.15) is 55.1 Å². The summed E-state index contributed by atoms with van der Waals surface area (Å²) >= 11 is 0. The van der Waals surface area contributed by atoms with Crippen molar-refractivity contribution in [2.45, 2.75) is 58.1 Å². The van der Waals surface area contributed by atoms with Crippen LogP contribution in [0, 0.1) is 13.8 Å². The predicted octanol–water partition coefficient (Wildman–Crippen LogP) is 2.55. The van der Waals surface area contributed by atoms with E-state index in [1.807, 2.05) is 19.9 Å². The molecular weight excluding hydrogens is 238 g/mol. The summed E-state index contributed by atoms with van der Waals surface area (Å²) in [5.41, 5.74) is 6.25. The number of nitrogens with two attached hydrogens (primary N) is 1. The molecule has 0 saturated carbocycles. The van der Waals surface area contributed by atoms with Crippen LogP contribution in [0.4, 0.5) is 0 Å². The molecule has 0 bridgehead atoms. The molecule has 0 spiro atoms. The summed E-state index contributed by atoms with van der Waals surface area (Å²) in [5.74, 6) is 5.70. The number of hydrazine groups is 1. The lowest BCUT2D eigenvalue weighted by molar-refractivity contribution is 0.101. The van der Waals surface area contributed by atoms with Gasteiger partial charge in [-0.1, -0.05) is 6.07 Å². The number of hydrogen-bond acceptors (Lipinski definition) is 4. The number of hydrogen-bond donors (Lipinski definition) is 2. The number of rotatable bonds is 6. The normalized spacial score (nSPS) is 20.7. The van der Waals surface area contributed by atoms with E-state index in [0.717, 1.165) is 37.3 Å². The van der Waals surface area contributed by atoms with E-state index in [4.69, 9.17) is 10.6 Å². The quantitative estimate of drug-likeness (QED) is 0.611. The van der Waals surface area contributed by atoms with Crippen molar-refractivity contribution in [2.75, 3.05) is 6.61 Å². The smallest absolute Gasteiger partial charge is 0.0576 e. The number of nitrogens with zero attached hydrogens (tertiary/aromatic N) is 1. The Morgan fingerprint density at radius 3 is 2.95 bits per heavy atom. The zero-order valence-electron chi connectivity index (χ0n) is 12.0. The summed E-state index contributed by atoms with van der Waals surface area (Å²) < 4.78 is 5.65. The van der Waals surface area contributed by atoms with Crippen LogP contribution >= 0.6 is 0 Å². The fraction of sp³-hybridized carbons (Fsp3) is 0.667. The van der Waals surface area contributed by atoms with Crippen molar-refractivity contribution < 1.29 is 4.74 Å². The minimum absolute atomic E-state index is 0.189. The molecule has 2 rings (SSSR count). The molecule has 1 aromatic rings. The van der Waals surface area contributed by atoms with Gasteiger partial charge in [0.1, 0.15) is 0 Å². The summed E-state index contributed by atoms with van der Waals surface area (Å²) in [6, 6.07) is 4.37. The van der Waals surface area contributed by atoms with Crippen LogP contribution < -0.4 is 11.3 Å². The molecule has 1 aliphatic heterocycles. The van der Waals surface area contributed by atoms with Crippen LogP contribution in [-0.4, -0.2) is 17.7 Å². The van der Waals surface area contributed by atoms with Gasteiger partial charge in [-0.25, -0.2) is 0 Å². The fourth-order valence-electron chi connectivity index (χ4n) is 2.82. The lowest BCUT2D eigenvalue weighted by Crippen LogP contribution is -2.29. The monoisotopic (exact) mass is 263 g/mol. The van der Waals surface area contributed by atoms with E-state index in [1.54, 1.807) is 0 Å². The minimum Gasteiger partial charge on any atom is -0.378 e. The average molecular weight is 263 g/mol. The van der Waals surface area contributed by atoms with Crippen molar-refractivity contribution in [3.8, 4) is 0 Å². The molecule has 4 nitrogen and oxygen atoms in total. The van der Waals surface area contributed by atoms with Crippen molar-refractivity contribution >= 4 is 0 Å². The number of pyridine rings is 1. The van der Waals surface area contributed by atoms with E-state index < -0.39 is 0 Å². The molecule has 4 heteroatoms. The first-order chi connectivity index (χ1) is 9.20. The molecule has 19 heavy (non-hydrogen) atoms. The third-order valence-corrected chi connectivity index (χ3v) is 3.89. The van der Waals surface area contributed by atoms with E-state index in [2.05, 4.69) is 16.5 Å². The molecule has 0 aromatic carbocycles. The second-order valence-electron chi connectivity index (χ2n) is 5.41. The van der Waals surface area contributed by atoms with Gasteiger partial charge in [0.05, 0.1) is 6.10 Å². The second kappa shape index (κ2) is 6.98. The van der Waals surface area contributed by atoms with E-state index in [9.17, 15) is 0 Å². The maximum absolute atomic E-state index is 5.70. The molecule has 1 fully saturated rings. The van der Waals surface area contributed by atoms with Gasteiger partial charge in [0.2, 0.25) is 0 Å². The van der Waals surface area contributed by atoms with Gasteiger partial charge >= 0.3 is 0 Å². The number of nitrogens with one attached hydrogen (secondary N) is 1. The van der Waals surface area contributed by atoms with E-state index in [1.165, 1.54) is 18.4 Å². The minimum atomic E-state index is 0.189. The van der Waals surface area contributed by atoms with E-state index >= 15 is 0 Å². The number of aryl methyl sites for hydroxylation is 2. The Morgan fingerprint density at radius 2 is 2.32 bits per heavy atom. The molecule has 0 radical (unpaired) electrons. The van der Waals surface area contributed by atoms with Crippen molar-refractivity contribution in [1.82, 2.24) is 10.4 Å². The maximum Gasteiger partial charge on any atom is 0.0576 e. The second-order valence-corrected chi connectivity index (χ2v) is 5.41. The Bertz CT molecular complexity index is 402. The molecule has 106 valence electrons. The van der Waals surface area contributed by atoms with Crippen LogP contribution in [-0.2, 0) is 4.74 Å². The van der Waals surface area contributed by atoms with Crippen LogP contribution in [0.15, 0.2) is 12.1 Å². The van der Waals surface area contributed by atoms with Gasteiger partial charge in [0, 0.05) is 24.0 Å². The lowest BCUT2D eigenvalue weighted by Gasteiger charge is -2.19. The summed E-state index contributed by atoms with van der Waals surface area (Å²) in [7, 11) is 0.